The van der Waals surface area contributed by atoms with Gasteiger partial charge in [-0.25, -0.2) is 4.39 Å². The van der Waals surface area contributed by atoms with Crippen LogP contribution in [0.1, 0.15) is 35.2 Å². The molecule has 0 aromatic heterocycles. The number of benzene rings is 2. The molecule has 2 nitrogen and oxygen atoms in total. The first-order valence-corrected chi connectivity index (χ1v) is 6.94. The number of rotatable bonds is 5. The average Bonchev–Trinajstić information content (AvgIpc) is 2.48. The normalized spacial score (nSPS) is 12.4. The summed E-state index contributed by atoms with van der Waals surface area (Å²) < 4.78 is 13.3. The maximum atomic E-state index is 13.3. The Morgan fingerprint density at radius 2 is 1.75 bits per heavy atom. The summed E-state index contributed by atoms with van der Waals surface area (Å²) in [7, 11) is 0. The van der Waals surface area contributed by atoms with Gasteiger partial charge in [-0.2, -0.15) is 0 Å². The Bertz CT molecular complexity index is 564. The van der Waals surface area contributed by atoms with Crippen LogP contribution in [0.15, 0.2) is 42.5 Å². The minimum absolute atomic E-state index is 0.0122. The van der Waals surface area contributed by atoms with Gasteiger partial charge in [-0.15, -0.1) is 0 Å². The summed E-state index contributed by atoms with van der Waals surface area (Å²) in [5, 5.41) is 0. The molecule has 0 bridgehead atoms. The Morgan fingerprint density at radius 3 is 2.30 bits per heavy atom. The molecule has 0 saturated heterocycles. The highest BCUT2D eigenvalue weighted by atomic mass is 19.1. The topological polar surface area (TPSA) is 38.0 Å². The van der Waals surface area contributed by atoms with Crippen LogP contribution in [0.5, 0.6) is 0 Å². The maximum absolute atomic E-state index is 13.3. The molecule has 1 unspecified atom stereocenters. The van der Waals surface area contributed by atoms with Gasteiger partial charge in [0.25, 0.3) is 0 Å². The van der Waals surface area contributed by atoms with Crippen LogP contribution in [0.25, 0.3) is 0 Å². The summed E-state index contributed by atoms with van der Waals surface area (Å²) in [6.45, 7) is 3.91. The van der Waals surface area contributed by atoms with Crippen molar-refractivity contribution in [2.24, 2.45) is 5.84 Å². The van der Waals surface area contributed by atoms with Crippen molar-refractivity contribution in [3.63, 3.8) is 0 Å². The van der Waals surface area contributed by atoms with Crippen LogP contribution in [-0.4, -0.2) is 0 Å². The molecule has 0 spiro atoms. The summed E-state index contributed by atoms with van der Waals surface area (Å²) in [6, 6.07) is 13.6. The zero-order chi connectivity index (χ0) is 14.5. The van der Waals surface area contributed by atoms with Gasteiger partial charge >= 0.3 is 0 Å². The molecule has 2 aromatic carbocycles. The van der Waals surface area contributed by atoms with E-state index in [9.17, 15) is 4.39 Å². The average molecular weight is 272 g/mol. The Hall–Kier alpha value is -1.71. The highest BCUT2D eigenvalue weighted by Gasteiger charge is 2.12. The van der Waals surface area contributed by atoms with E-state index in [0.717, 1.165) is 18.4 Å². The van der Waals surface area contributed by atoms with Crippen molar-refractivity contribution in [1.82, 2.24) is 5.43 Å². The van der Waals surface area contributed by atoms with Gasteiger partial charge in [0.15, 0.2) is 0 Å². The summed E-state index contributed by atoms with van der Waals surface area (Å²) in [5.41, 5.74) is 7.01. The van der Waals surface area contributed by atoms with Crippen LogP contribution >= 0.6 is 0 Å². The van der Waals surface area contributed by atoms with Crippen molar-refractivity contribution in [3.8, 4) is 0 Å². The number of hydrazine groups is 1. The Morgan fingerprint density at radius 1 is 1.10 bits per heavy atom. The SMILES string of the molecule is CCc1ccc(CC(NN)c2ccc(F)c(C)c2)cc1. The van der Waals surface area contributed by atoms with Gasteiger partial charge in [-0.3, -0.25) is 11.3 Å². The molecule has 0 amide bonds. The van der Waals surface area contributed by atoms with Crippen LogP contribution in [0, 0.1) is 12.7 Å². The molecule has 0 radical (unpaired) electrons. The van der Waals surface area contributed by atoms with E-state index < -0.39 is 0 Å². The van der Waals surface area contributed by atoms with Crippen molar-refractivity contribution in [3.05, 3.63) is 70.5 Å². The monoisotopic (exact) mass is 272 g/mol. The van der Waals surface area contributed by atoms with Crippen molar-refractivity contribution in [2.45, 2.75) is 32.7 Å². The summed E-state index contributed by atoms with van der Waals surface area (Å²) >= 11 is 0. The van der Waals surface area contributed by atoms with E-state index in [1.165, 1.54) is 17.2 Å². The lowest BCUT2D eigenvalue weighted by atomic mass is 9.97. The smallest absolute Gasteiger partial charge is 0.126 e. The molecule has 2 aromatic rings. The van der Waals surface area contributed by atoms with E-state index >= 15 is 0 Å². The first kappa shape index (κ1) is 14.7. The Balaban J connectivity index is 2.16. The number of hydrogen-bond donors (Lipinski definition) is 2. The minimum Gasteiger partial charge on any atom is -0.271 e. The highest BCUT2D eigenvalue weighted by molar-refractivity contribution is 5.29. The van der Waals surface area contributed by atoms with E-state index in [2.05, 4.69) is 36.6 Å². The molecule has 3 N–H and O–H groups in total. The Kier molecular flexibility index (Phi) is 4.88. The zero-order valence-corrected chi connectivity index (χ0v) is 12.0. The lowest BCUT2D eigenvalue weighted by Crippen LogP contribution is -2.29. The minimum atomic E-state index is -0.183. The van der Waals surface area contributed by atoms with Gasteiger partial charge in [-0.05, 0) is 48.1 Å². The predicted molar refractivity (Wildman–Crippen MR) is 80.7 cm³/mol. The molecule has 2 rings (SSSR count). The molecule has 0 aliphatic carbocycles. The number of nitrogens with one attached hydrogen (secondary N) is 1. The fourth-order valence-corrected chi connectivity index (χ4v) is 2.30. The second-order valence-electron chi connectivity index (χ2n) is 5.10. The predicted octanol–water partition coefficient (Wildman–Crippen LogP) is 3.44. The van der Waals surface area contributed by atoms with Crippen LogP contribution < -0.4 is 11.3 Å². The lowest BCUT2D eigenvalue weighted by Gasteiger charge is -2.17. The van der Waals surface area contributed by atoms with Crippen LogP contribution in [0.3, 0.4) is 0 Å². The molecule has 0 saturated carbocycles. The number of nitrogens with two attached hydrogens (primary N) is 1. The molecule has 3 heteroatoms. The van der Waals surface area contributed by atoms with Gasteiger partial charge in [-0.1, -0.05) is 43.3 Å². The fraction of sp³-hybridized carbons (Fsp3) is 0.294. The maximum Gasteiger partial charge on any atom is 0.126 e. The molecule has 1 atom stereocenters. The quantitative estimate of drug-likeness (QED) is 0.646. The van der Waals surface area contributed by atoms with Gasteiger partial charge in [0, 0.05) is 6.04 Å². The van der Waals surface area contributed by atoms with E-state index in [0.29, 0.717) is 5.56 Å². The second kappa shape index (κ2) is 6.64. The van der Waals surface area contributed by atoms with E-state index in [1.54, 1.807) is 13.0 Å². The van der Waals surface area contributed by atoms with Crippen molar-refractivity contribution in [2.75, 3.05) is 0 Å². The van der Waals surface area contributed by atoms with E-state index in [1.807, 2.05) is 6.07 Å². The van der Waals surface area contributed by atoms with Crippen LogP contribution in [0.4, 0.5) is 4.39 Å². The zero-order valence-electron chi connectivity index (χ0n) is 12.0. The number of halogens is 1. The summed E-state index contributed by atoms with van der Waals surface area (Å²) in [6.07, 6.45) is 1.82. The van der Waals surface area contributed by atoms with Crippen molar-refractivity contribution in [1.29, 1.82) is 0 Å². The standard InChI is InChI=1S/C17H21FN2/c1-3-13-4-6-14(7-5-13)11-17(20-19)15-8-9-16(18)12(2)10-15/h4-10,17,20H,3,11,19H2,1-2H3. The first-order chi connectivity index (χ1) is 9.63. The van der Waals surface area contributed by atoms with Crippen LogP contribution in [-0.2, 0) is 12.8 Å². The van der Waals surface area contributed by atoms with Gasteiger partial charge in [0.05, 0.1) is 0 Å². The molecular formula is C17H21FN2. The third-order valence-electron chi connectivity index (χ3n) is 3.66. The first-order valence-electron chi connectivity index (χ1n) is 6.94. The van der Waals surface area contributed by atoms with E-state index in [-0.39, 0.29) is 11.9 Å². The van der Waals surface area contributed by atoms with E-state index in [4.69, 9.17) is 5.84 Å². The lowest BCUT2D eigenvalue weighted by molar-refractivity contribution is 0.548. The third-order valence-corrected chi connectivity index (χ3v) is 3.66. The largest absolute Gasteiger partial charge is 0.271 e. The molecule has 0 heterocycles. The molecule has 0 aliphatic heterocycles. The molecule has 0 aliphatic rings. The molecule has 0 fully saturated rings. The molecular weight excluding hydrogens is 251 g/mol. The van der Waals surface area contributed by atoms with Gasteiger partial charge < -0.3 is 0 Å². The van der Waals surface area contributed by atoms with Crippen molar-refractivity contribution < 1.29 is 4.39 Å². The highest BCUT2D eigenvalue weighted by Crippen LogP contribution is 2.20. The summed E-state index contributed by atoms with van der Waals surface area (Å²) in [5.74, 6) is 5.47. The second-order valence-corrected chi connectivity index (χ2v) is 5.10. The van der Waals surface area contributed by atoms with Crippen LogP contribution in [0.2, 0.25) is 0 Å². The summed E-state index contributed by atoms with van der Waals surface area (Å²) in [4.78, 5) is 0. The van der Waals surface area contributed by atoms with Gasteiger partial charge in [0.1, 0.15) is 5.82 Å². The Labute approximate surface area is 119 Å². The number of hydrogen-bond acceptors (Lipinski definition) is 2. The number of aryl methyl sites for hydroxylation is 2. The van der Waals surface area contributed by atoms with Gasteiger partial charge in [0.2, 0.25) is 0 Å². The van der Waals surface area contributed by atoms with Crippen molar-refractivity contribution >= 4 is 0 Å². The fourth-order valence-electron chi connectivity index (χ4n) is 2.30. The molecule has 106 valence electrons. The molecule has 20 heavy (non-hydrogen) atoms. The third kappa shape index (κ3) is 3.44.